The van der Waals surface area contributed by atoms with Crippen LogP contribution in [0.1, 0.15) is 167 Å². The van der Waals surface area contributed by atoms with Crippen LogP contribution < -0.4 is 36.2 Å². The predicted molar refractivity (Wildman–Crippen MR) is 423 cm³/mol. The number of para-hydroxylation sites is 2. The lowest BCUT2D eigenvalue weighted by atomic mass is 9.85. The Balaban J connectivity index is 0.000000315. The summed E-state index contributed by atoms with van der Waals surface area (Å²) < 4.78 is 94.6. The third-order valence-electron chi connectivity index (χ3n) is 17.9. The molecular weight excluding hydrogens is 1510 g/mol. The van der Waals surface area contributed by atoms with E-state index in [0.29, 0.717) is 35.5 Å². The Labute approximate surface area is 660 Å². The Hall–Kier alpha value is -10.0. The van der Waals surface area contributed by atoms with E-state index >= 15 is 0 Å². The van der Waals surface area contributed by atoms with Crippen LogP contribution in [0.4, 0.5) is 33.7 Å². The normalized spacial score (nSPS) is 15.9. The van der Waals surface area contributed by atoms with Gasteiger partial charge < -0.3 is 51.4 Å². The number of anilines is 2. The standard InChI is InChI=1S/C34H36F4N4O7S.C26H34N2O5S.C20H25NO4S.2CH4/c1-17(2)11-25(41-33(49)34(15-18-5-3-4-6-24(18)42-34)16-19-8-10-50-28(19)32(47)48)30(44)40-26(14-27(37)38)29(43)39-9-7-21-22(35)12-20(31(45)46)13-23(21)36;1-16(2)13-20(22(29)30)27-23(31)26(14-18-11-12-34-17(18)3)15-19-9-7-8-10-21(19)28(26)24(32)33-25(4,5)6;1-15(2)13-19(20(22)25-14-17-7-5-4-6-8-17)21-26(23,24)18-11-9-16(3)10-12-18;;/h3-6,8,10,12-13,17,25-27,42H,7,9,11,14-16H2,1-2H3,(H,39,43)(H,40,44)(H,41,49)(H,45,46)(H,47,48);7-12,16,20H,13-15H2,1-6H3,(H,27,31)(H,29,30);4-12,15,19,21H,13-14H2,1-3H3;2*1H4/t25-,26-,34?;20-,26?;19-;;/m001../s1. The molecule has 112 heavy (non-hydrogen) atoms. The molecule has 0 aliphatic carbocycles. The number of carbonyl (C=O) groups excluding carboxylic acids is 6. The minimum Gasteiger partial charge on any atom is -0.480 e. The van der Waals surface area contributed by atoms with Gasteiger partial charge in [-0.25, -0.2) is 45.2 Å². The molecule has 30 heteroatoms. The highest BCUT2D eigenvalue weighted by atomic mass is 32.2. The molecule has 0 radical (unpaired) electrons. The number of fused-ring (bicyclic) bond motifs is 2. The number of carbonyl (C=O) groups is 9. The van der Waals surface area contributed by atoms with Gasteiger partial charge in [0.15, 0.2) is 0 Å². The van der Waals surface area contributed by atoms with Crippen molar-refractivity contribution in [1.82, 2.24) is 26.0 Å². The molecular formula is C82H103F4N7O16S3. The second kappa shape index (κ2) is 40.9. The van der Waals surface area contributed by atoms with Crippen molar-refractivity contribution in [3.8, 4) is 0 Å². The Bertz CT molecular complexity index is 4480. The first-order valence-electron chi connectivity index (χ1n) is 35.7. The molecule has 23 nitrogen and oxygen atoms in total. The number of sulfonamides is 1. The van der Waals surface area contributed by atoms with E-state index in [1.165, 1.54) is 17.0 Å². The molecule has 2 aliphatic rings. The van der Waals surface area contributed by atoms with Gasteiger partial charge in [0.05, 0.1) is 16.1 Å². The topological polar surface area (TPSA) is 342 Å². The number of thiophene rings is 2. The molecule has 0 bridgehead atoms. The number of rotatable bonds is 31. The number of amides is 5. The van der Waals surface area contributed by atoms with Crippen LogP contribution >= 0.6 is 22.7 Å². The first-order valence-corrected chi connectivity index (χ1v) is 39.0. The monoisotopic (exact) mass is 1610 g/mol. The number of ether oxygens (including phenoxy) is 2. The molecule has 5 amide bonds. The van der Waals surface area contributed by atoms with Gasteiger partial charge in [-0.1, -0.05) is 141 Å². The average Bonchev–Trinajstić information content (AvgIpc) is 1.57. The van der Waals surface area contributed by atoms with E-state index in [1.807, 2.05) is 108 Å². The van der Waals surface area contributed by atoms with Gasteiger partial charge in [0, 0.05) is 54.8 Å². The molecule has 2 aliphatic heterocycles. The van der Waals surface area contributed by atoms with Crippen molar-refractivity contribution in [2.45, 2.75) is 208 Å². The number of alkyl halides is 2. The molecule has 7 aromatic rings. The smallest absolute Gasteiger partial charge is 0.415 e. The highest BCUT2D eigenvalue weighted by Gasteiger charge is 2.55. The summed E-state index contributed by atoms with van der Waals surface area (Å²) >= 11 is 2.57. The van der Waals surface area contributed by atoms with E-state index in [2.05, 4.69) is 31.3 Å². The van der Waals surface area contributed by atoms with Crippen LogP contribution in [0.5, 0.6) is 0 Å². The van der Waals surface area contributed by atoms with E-state index < -0.39 is 153 Å². The minimum atomic E-state index is -3.80. The number of nitrogens with zero attached hydrogens (tertiary/aromatic N) is 1. The Morgan fingerprint density at radius 2 is 1.18 bits per heavy atom. The zero-order valence-corrected chi connectivity index (χ0v) is 65.5. The van der Waals surface area contributed by atoms with E-state index in [9.17, 15) is 79.3 Å². The highest BCUT2D eigenvalue weighted by molar-refractivity contribution is 7.89. The number of halogens is 4. The molecule has 0 fully saturated rings. The molecule has 2 aromatic heterocycles. The van der Waals surface area contributed by atoms with Crippen molar-refractivity contribution in [1.29, 1.82) is 0 Å². The number of carboxylic acid groups (broad SMARTS) is 3. The number of aryl methyl sites for hydroxylation is 2. The van der Waals surface area contributed by atoms with Gasteiger partial charge in [0.2, 0.25) is 40.1 Å². The van der Waals surface area contributed by atoms with Crippen molar-refractivity contribution in [2.24, 2.45) is 17.8 Å². The Kier molecular flexibility index (Phi) is 33.8. The Morgan fingerprint density at radius 3 is 1.74 bits per heavy atom. The van der Waals surface area contributed by atoms with E-state index in [4.69, 9.17) is 14.6 Å². The van der Waals surface area contributed by atoms with Crippen molar-refractivity contribution in [2.75, 3.05) is 16.8 Å². The second-order valence-corrected chi connectivity index (χ2v) is 33.2. The van der Waals surface area contributed by atoms with Gasteiger partial charge in [0.25, 0.3) is 0 Å². The minimum absolute atomic E-state index is 0. The molecule has 2 unspecified atom stereocenters. The van der Waals surface area contributed by atoms with Gasteiger partial charge in [0.1, 0.15) is 64.0 Å². The summed E-state index contributed by atoms with van der Waals surface area (Å²) in [5.74, 6) is -9.84. The van der Waals surface area contributed by atoms with Gasteiger partial charge >= 0.3 is 30.0 Å². The van der Waals surface area contributed by atoms with E-state index in [0.717, 1.165) is 44.0 Å². The summed E-state index contributed by atoms with van der Waals surface area (Å²) in [6.45, 7) is 20.1. The number of aliphatic carboxylic acids is 1. The number of hydrogen-bond donors (Lipinski definition) is 9. The second-order valence-electron chi connectivity index (χ2n) is 29.4. The van der Waals surface area contributed by atoms with Crippen LogP contribution in [0.3, 0.4) is 0 Å². The SMILES string of the molecule is C.C.CC(C)C[C@H](NC(=O)C1(Cc2ccsc2C(=O)O)Cc2ccccc2N1)C(=O)N[C@@H](CC(F)F)C(=O)NCCc1c(F)cc(C(=O)O)cc1F.Cc1ccc(S(=O)(=O)N[C@H](CC(C)C)C(=O)OCc2ccccc2)cc1.Cc1sccc1CC1(C(=O)N[C@@H](CC(C)C)C(=O)O)Cc2ccccc2N1C(=O)OC(C)(C)C. The van der Waals surface area contributed by atoms with Crippen LogP contribution in [0, 0.1) is 43.2 Å². The number of hydrogen-bond acceptors (Lipinski definition) is 16. The van der Waals surface area contributed by atoms with Crippen molar-refractivity contribution in [3.05, 3.63) is 204 Å². The maximum Gasteiger partial charge on any atom is 0.415 e. The van der Waals surface area contributed by atoms with E-state index in [-0.39, 0.29) is 87.5 Å². The predicted octanol–water partition coefficient (Wildman–Crippen LogP) is 14.1. The summed E-state index contributed by atoms with van der Waals surface area (Å²) in [6, 6.07) is 30.0. The zero-order chi connectivity index (χ0) is 81.2. The number of carboxylic acids is 3. The summed E-state index contributed by atoms with van der Waals surface area (Å²) in [7, 11) is -3.80. The van der Waals surface area contributed by atoms with E-state index in [1.54, 1.807) is 93.8 Å². The summed E-state index contributed by atoms with van der Waals surface area (Å²) in [6.07, 6.45) is -3.92. The molecule has 0 spiro atoms. The molecule has 608 valence electrons. The summed E-state index contributed by atoms with van der Waals surface area (Å²) in [5, 5.41) is 45.2. The van der Waals surface area contributed by atoms with Crippen molar-refractivity contribution < 1.29 is 93.9 Å². The van der Waals surface area contributed by atoms with Crippen molar-refractivity contribution in [3.63, 3.8) is 0 Å². The third kappa shape index (κ3) is 25.5. The fourth-order valence-corrected chi connectivity index (χ4v) is 15.4. The van der Waals surface area contributed by atoms with Crippen LogP contribution in [0.25, 0.3) is 0 Å². The number of benzene rings is 5. The first kappa shape index (κ1) is 92.6. The molecule has 4 heterocycles. The molecule has 9 rings (SSSR count). The number of nitrogens with one attached hydrogen (secondary N) is 6. The molecule has 0 saturated carbocycles. The zero-order valence-electron chi connectivity index (χ0n) is 63.0. The highest BCUT2D eigenvalue weighted by Crippen LogP contribution is 2.44. The summed E-state index contributed by atoms with van der Waals surface area (Å²) in [4.78, 5) is 118. The van der Waals surface area contributed by atoms with Crippen LogP contribution in [-0.4, -0.2) is 131 Å². The molecule has 5 aromatic carbocycles. The van der Waals surface area contributed by atoms with Gasteiger partial charge in [-0.05, 0) is 165 Å². The lowest BCUT2D eigenvalue weighted by Gasteiger charge is -2.39. The lowest BCUT2D eigenvalue weighted by Crippen LogP contribution is -2.63. The van der Waals surface area contributed by atoms with Crippen molar-refractivity contribution >= 4 is 97.7 Å². The van der Waals surface area contributed by atoms with Gasteiger partial charge in [-0.2, -0.15) is 4.72 Å². The maximum absolute atomic E-state index is 14.3. The van der Waals surface area contributed by atoms with Crippen LogP contribution in [-0.2, 0) is 87.0 Å². The van der Waals surface area contributed by atoms with Gasteiger partial charge in [-0.3, -0.25) is 28.9 Å². The average molecular weight is 1610 g/mol. The first-order chi connectivity index (χ1) is 51.7. The number of esters is 1. The molecule has 0 saturated heterocycles. The maximum atomic E-state index is 14.3. The van der Waals surface area contributed by atoms with Crippen LogP contribution in [0.2, 0.25) is 0 Å². The largest absolute Gasteiger partial charge is 0.480 e. The molecule has 6 atom stereocenters. The fraction of sp³-hybridized carbons (Fsp3) is 0.427. The van der Waals surface area contributed by atoms with Crippen LogP contribution in [0.15, 0.2) is 143 Å². The number of aromatic carboxylic acids is 2. The quantitative estimate of drug-likeness (QED) is 0.0144. The fourth-order valence-electron chi connectivity index (χ4n) is 12.7. The van der Waals surface area contributed by atoms with Gasteiger partial charge in [-0.15, -0.1) is 22.7 Å². The lowest BCUT2D eigenvalue weighted by molar-refractivity contribution is -0.147. The molecule has 9 N–H and O–H groups in total. The summed E-state index contributed by atoms with van der Waals surface area (Å²) in [5.41, 5.74) is 1.34. The Morgan fingerprint density at radius 1 is 0.625 bits per heavy atom. The third-order valence-corrected chi connectivity index (χ3v) is 21.3.